The van der Waals surface area contributed by atoms with Gasteiger partial charge in [0.25, 0.3) is 5.91 Å². The number of carboxylic acids is 1. The lowest BCUT2D eigenvalue weighted by atomic mass is 10.1. The molecule has 0 heterocycles. The Morgan fingerprint density at radius 2 is 2.00 bits per heavy atom. The molecule has 0 aromatic heterocycles. The summed E-state index contributed by atoms with van der Waals surface area (Å²) in [7, 11) is 0. The van der Waals surface area contributed by atoms with Crippen LogP contribution in [0.15, 0.2) is 12.1 Å². The maximum Gasteiger partial charge on any atom is 0.305 e. The molecule has 0 spiro atoms. The smallest absolute Gasteiger partial charge is 0.305 e. The second-order valence-electron chi connectivity index (χ2n) is 3.45. The topological polar surface area (TPSA) is 66.4 Å². The molecular weight excluding hydrogens is 232 g/mol. The van der Waals surface area contributed by atoms with Gasteiger partial charge in [-0.15, -0.1) is 0 Å². The largest absolute Gasteiger partial charge is 0.481 e. The zero-order chi connectivity index (χ0) is 13.0. The van der Waals surface area contributed by atoms with Crippen molar-refractivity contribution in [3.8, 4) is 0 Å². The third-order valence-corrected chi connectivity index (χ3v) is 2.14. The number of hydrogen-bond acceptors (Lipinski definition) is 2. The molecule has 0 saturated carbocycles. The molecule has 1 amide bonds. The van der Waals surface area contributed by atoms with E-state index in [-0.39, 0.29) is 18.5 Å². The first-order chi connectivity index (χ1) is 7.93. The van der Waals surface area contributed by atoms with Crippen molar-refractivity contribution in [3.05, 3.63) is 34.9 Å². The molecule has 6 heteroatoms. The SMILES string of the molecule is Cc1ccc(F)c(C(=O)NCCC(=O)O)c1F. The normalized spacial score (nSPS) is 10.1. The van der Waals surface area contributed by atoms with Crippen molar-refractivity contribution in [1.29, 1.82) is 0 Å². The van der Waals surface area contributed by atoms with Gasteiger partial charge in [-0.3, -0.25) is 9.59 Å². The number of aliphatic carboxylic acids is 1. The lowest BCUT2D eigenvalue weighted by Crippen LogP contribution is -2.28. The highest BCUT2D eigenvalue weighted by atomic mass is 19.1. The van der Waals surface area contributed by atoms with Gasteiger partial charge in [0.1, 0.15) is 17.2 Å². The number of aryl methyl sites for hydroxylation is 1. The van der Waals surface area contributed by atoms with Gasteiger partial charge in [-0.1, -0.05) is 6.07 Å². The molecule has 0 bridgehead atoms. The lowest BCUT2D eigenvalue weighted by Gasteiger charge is -2.07. The van der Waals surface area contributed by atoms with Crippen LogP contribution in [0.1, 0.15) is 22.3 Å². The zero-order valence-corrected chi connectivity index (χ0v) is 9.09. The fraction of sp³-hybridized carbons (Fsp3) is 0.273. The van der Waals surface area contributed by atoms with E-state index in [4.69, 9.17) is 5.11 Å². The molecule has 0 fully saturated rings. The highest BCUT2D eigenvalue weighted by molar-refractivity contribution is 5.95. The van der Waals surface area contributed by atoms with Crippen LogP contribution in [0.25, 0.3) is 0 Å². The molecule has 17 heavy (non-hydrogen) atoms. The zero-order valence-electron chi connectivity index (χ0n) is 9.09. The number of benzene rings is 1. The maximum atomic E-state index is 13.5. The summed E-state index contributed by atoms with van der Waals surface area (Å²) in [5, 5.41) is 10.5. The van der Waals surface area contributed by atoms with Crippen LogP contribution in [0.2, 0.25) is 0 Å². The summed E-state index contributed by atoms with van der Waals surface area (Å²) >= 11 is 0. The van der Waals surface area contributed by atoms with Crippen molar-refractivity contribution < 1.29 is 23.5 Å². The molecule has 0 unspecified atom stereocenters. The van der Waals surface area contributed by atoms with Gasteiger partial charge in [0.15, 0.2) is 0 Å². The van der Waals surface area contributed by atoms with Gasteiger partial charge < -0.3 is 10.4 Å². The summed E-state index contributed by atoms with van der Waals surface area (Å²) in [6.07, 6.45) is -0.305. The fourth-order valence-corrected chi connectivity index (χ4v) is 1.24. The Hall–Kier alpha value is -1.98. The van der Waals surface area contributed by atoms with E-state index in [2.05, 4.69) is 5.32 Å². The molecule has 92 valence electrons. The highest BCUT2D eigenvalue weighted by Gasteiger charge is 2.18. The second kappa shape index (κ2) is 5.38. The second-order valence-corrected chi connectivity index (χ2v) is 3.45. The Balaban J connectivity index is 2.82. The number of carbonyl (C=O) groups is 2. The van der Waals surface area contributed by atoms with Crippen molar-refractivity contribution in [3.63, 3.8) is 0 Å². The average molecular weight is 243 g/mol. The molecule has 0 radical (unpaired) electrons. The van der Waals surface area contributed by atoms with Crippen LogP contribution >= 0.6 is 0 Å². The first kappa shape index (κ1) is 13.1. The third kappa shape index (κ3) is 3.24. The molecule has 0 atom stereocenters. The average Bonchev–Trinajstić information content (AvgIpc) is 2.23. The molecule has 1 aromatic carbocycles. The van der Waals surface area contributed by atoms with Crippen molar-refractivity contribution >= 4 is 11.9 Å². The molecule has 1 aromatic rings. The highest BCUT2D eigenvalue weighted by Crippen LogP contribution is 2.15. The lowest BCUT2D eigenvalue weighted by molar-refractivity contribution is -0.136. The summed E-state index contributed by atoms with van der Waals surface area (Å²) in [4.78, 5) is 21.6. The summed E-state index contributed by atoms with van der Waals surface area (Å²) in [5.74, 6) is -3.96. The van der Waals surface area contributed by atoms with E-state index in [0.29, 0.717) is 0 Å². The van der Waals surface area contributed by atoms with Crippen LogP contribution in [0.3, 0.4) is 0 Å². The molecule has 0 saturated heterocycles. The van der Waals surface area contributed by atoms with Crippen LogP contribution in [0.5, 0.6) is 0 Å². The number of carbonyl (C=O) groups excluding carboxylic acids is 1. The number of halogens is 2. The molecule has 0 aliphatic carbocycles. The van der Waals surface area contributed by atoms with Gasteiger partial charge in [-0.2, -0.15) is 0 Å². The minimum Gasteiger partial charge on any atom is -0.481 e. The molecular formula is C11H11F2NO3. The van der Waals surface area contributed by atoms with Crippen molar-refractivity contribution in [1.82, 2.24) is 5.32 Å². The van der Waals surface area contributed by atoms with E-state index in [9.17, 15) is 18.4 Å². The van der Waals surface area contributed by atoms with Gasteiger partial charge in [0, 0.05) is 6.54 Å². The standard InChI is InChI=1S/C11H11F2NO3/c1-6-2-3-7(12)9(10(6)13)11(17)14-5-4-8(15)16/h2-3H,4-5H2,1H3,(H,14,17)(H,15,16). The first-order valence-corrected chi connectivity index (χ1v) is 4.88. The minimum atomic E-state index is -1.10. The molecule has 1 rings (SSSR count). The van der Waals surface area contributed by atoms with Gasteiger partial charge >= 0.3 is 5.97 Å². The Morgan fingerprint density at radius 1 is 1.35 bits per heavy atom. The quantitative estimate of drug-likeness (QED) is 0.841. The predicted octanol–water partition coefficient (Wildman–Crippen LogP) is 1.48. The molecule has 0 aliphatic rings. The van der Waals surface area contributed by atoms with Crippen LogP contribution in [0.4, 0.5) is 8.78 Å². The maximum absolute atomic E-state index is 13.5. The third-order valence-electron chi connectivity index (χ3n) is 2.14. The first-order valence-electron chi connectivity index (χ1n) is 4.88. The van der Waals surface area contributed by atoms with Gasteiger partial charge in [-0.25, -0.2) is 8.78 Å². The molecule has 0 aliphatic heterocycles. The van der Waals surface area contributed by atoms with E-state index < -0.39 is 29.1 Å². The van der Waals surface area contributed by atoms with E-state index in [1.165, 1.54) is 13.0 Å². The Bertz CT molecular complexity index is 460. The van der Waals surface area contributed by atoms with Crippen molar-refractivity contribution in [2.75, 3.05) is 6.54 Å². The van der Waals surface area contributed by atoms with E-state index in [1.807, 2.05) is 0 Å². The minimum absolute atomic E-state index is 0.148. The van der Waals surface area contributed by atoms with Crippen LogP contribution in [0, 0.1) is 18.6 Å². The van der Waals surface area contributed by atoms with Crippen molar-refractivity contribution in [2.24, 2.45) is 0 Å². The monoisotopic (exact) mass is 243 g/mol. The van der Waals surface area contributed by atoms with Gasteiger partial charge in [-0.05, 0) is 18.6 Å². The van der Waals surface area contributed by atoms with Crippen LogP contribution in [-0.2, 0) is 4.79 Å². The number of hydrogen-bond donors (Lipinski definition) is 2. The Morgan fingerprint density at radius 3 is 2.59 bits per heavy atom. The number of rotatable bonds is 4. The van der Waals surface area contributed by atoms with Gasteiger partial charge in [0.2, 0.25) is 0 Å². The Kier molecular flexibility index (Phi) is 4.14. The predicted molar refractivity (Wildman–Crippen MR) is 55.7 cm³/mol. The molecule has 4 nitrogen and oxygen atoms in total. The molecule has 2 N–H and O–H groups in total. The summed E-state index contributed by atoms with van der Waals surface area (Å²) < 4.78 is 26.7. The van der Waals surface area contributed by atoms with Crippen LogP contribution in [-0.4, -0.2) is 23.5 Å². The fourth-order valence-electron chi connectivity index (χ4n) is 1.24. The number of carboxylic acid groups (broad SMARTS) is 1. The van der Waals surface area contributed by atoms with E-state index in [0.717, 1.165) is 6.07 Å². The van der Waals surface area contributed by atoms with E-state index >= 15 is 0 Å². The summed E-state index contributed by atoms with van der Waals surface area (Å²) in [5.41, 5.74) is -0.537. The van der Waals surface area contributed by atoms with E-state index in [1.54, 1.807) is 0 Å². The Labute approximate surface area is 96.3 Å². The van der Waals surface area contributed by atoms with Crippen molar-refractivity contribution in [2.45, 2.75) is 13.3 Å². The van der Waals surface area contributed by atoms with Crippen LogP contribution < -0.4 is 5.32 Å². The number of nitrogens with one attached hydrogen (secondary N) is 1. The summed E-state index contributed by atoms with van der Waals surface area (Å²) in [6, 6.07) is 2.21. The summed E-state index contributed by atoms with van der Waals surface area (Å²) in [6.45, 7) is 1.23. The van der Waals surface area contributed by atoms with Gasteiger partial charge in [0.05, 0.1) is 6.42 Å². The number of amides is 1.